The maximum Gasteiger partial charge on any atom is 0.310 e. The summed E-state index contributed by atoms with van der Waals surface area (Å²) in [5.74, 6) is -1.05. The van der Waals surface area contributed by atoms with Crippen LogP contribution in [0.1, 0.15) is 323 Å². The van der Waals surface area contributed by atoms with Crippen molar-refractivity contribution in [2.24, 2.45) is 0 Å². The number of unbranched alkanes of at least 4 members (excludes halogenated alkanes) is 33. The summed E-state index contributed by atoms with van der Waals surface area (Å²) >= 11 is 0. The fourth-order valence-corrected chi connectivity index (χ4v) is 9.46. The molecule has 6 heteroatoms. The average Bonchev–Trinajstić information content (AvgIpc) is 3.46. The van der Waals surface area contributed by atoms with E-state index >= 15 is 0 Å². The van der Waals surface area contributed by atoms with Gasteiger partial charge in [0.25, 0.3) is 0 Å². The highest BCUT2D eigenvalue weighted by molar-refractivity contribution is 5.72. The monoisotopic (exact) mass is 1110 g/mol. The molecule has 1 unspecified atom stereocenters. The van der Waals surface area contributed by atoms with Gasteiger partial charge in [0.2, 0.25) is 0 Å². The van der Waals surface area contributed by atoms with Gasteiger partial charge in [-0.05, 0) is 109 Å². The molecule has 0 rings (SSSR count). The minimum Gasteiger partial charge on any atom is -0.462 e. The highest BCUT2D eigenvalue weighted by Gasteiger charge is 2.19. The molecule has 0 bridgehead atoms. The van der Waals surface area contributed by atoms with Crippen molar-refractivity contribution in [2.75, 3.05) is 13.2 Å². The number of ether oxygens (including phenoxy) is 3. The number of rotatable bonds is 61. The second kappa shape index (κ2) is 67.6. The van der Waals surface area contributed by atoms with E-state index in [0.29, 0.717) is 12.8 Å². The zero-order chi connectivity index (χ0) is 57.8. The number of hydrogen-bond acceptors (Lipinski definition) is 6. The Morgan fingerprint density at radius 1 is 0.275 bits per heavy atom. The van der Waals surface area contributed by atoms with Crippen LogP contribution in [0.3, 0.4) is 0 Å². The largest absolute Gasteiger partial charge is 0.462 e. The summed E-state index contributed by atoms with van der Waals surface area (Å²) in [6.45, 7) is 6.44. The van der Waals surface area contributed by atoms with Crippen molar-refractivity contribution < 1.29 is 28.6 Å². The molecule has 0 fully saturated rings. The first-order valence-corrected chi connectivity index (χ1v) is 33.9. The average molecular weight is 1110 g/mol. The molecule has 6 nitrogen and oxygen atoms in total. The molecule has 0 spiro atoms. The predicted octanol–water partition coefficient (Wildman–Crippen LogP) is 23.4. The minimum atomic E-state index is -0.837. The molecule has 0 aromatic heterocycles. The minimum absolute atomic E-state index is 0.0946. The molecule has 0 amide bonds. The molecule has 0 aliphatic heterocycles. The predicted molar refractivity (Wildman–Crippen MR) is 348 cm³/mol. The van der Waals surface area contributed by atoms with E-state index in [1.807, 2.05) is 6.08 Å². The maximum atomic E-state index is 12.8. The summed E-state index contributed by atoms with van der Waals surface area (Å²) < 4.78 is 16.8. The van der Waals surface area contributed by atoms with Gasteiger partial charge in [-0.15, -0.1) is 0 Å². The Morgan fingerprint density at radius 2 is 0.525 bits per heavy atom. The van der Waals surface area contributed by atoms with Crippen molar-refractivity contribution in [3.8, 4) is 0 Å². The number of allylic oxidation sites excluding steroid dienone is 17. The molecule has 1 atom stereocenters. The van der Waals surface area contributed by atoms with E-state index in [-0.39, 0.29) is 31.6 Å². The van der Waals surface area contributed by atoms with Gasteiger partial charge in [-0.3, -0.25) is 14.4 Å². The second-order valence-corrected chi connectivity index (χ2v) is 22.4. The number of esters is 3. The van der Waals surface area contributed by atoms with E-state index < -0.39 is 12.1 Å². The van der Waals surface area contributed by atoms with E-state index in [9.17, 15) is 14.4 Å². The molecule has 458 valence electrons. The lowest BCUT2D eigenvalue weighted by Crippen LogP contribution is -2.30. The molecule has 0 N–H and O–H groups in total. The Hall–Kier alpha value is -3.93. The van der Waals surface area contributed by atoms with E-state index in [1.165, 1.54) is 186 Å². The Bertz CT molecular complexity index is 1610. The third kappa shape index (κ3) is 64.9. The van der Waals surface area contributed by atoms with Gasteiger partial charge in [0, 0.05) is 12.8 Å². The highest BCUT2D eigenvalue weighted by atomic mass is 16.6. The molecule has 0 saturated heterocycles. The van der Waals surface area contributed by atoms with Gasteiger partial charge in [-0.1, -0.05) is 304 Å². The second-order valence-electron chi connectivity index (χ2n) is 22.4. The van der Waals surface area contributed by atoms with Crippen LogP contribution in [0.25, 0.3) is 0 Å². The molecule has 0 radical (unpaired) electrons. The number of hydrogen-bond donors (Lipinski definition) is 0. The lowest BCUT2D eigenvalue weighted by atomic mass is 10.0. The topological polar surface area (TPSA) is 78.9 Å². The van der Waals surface area contributed by atoms with Crippen LogP contribution in [0.15, 0.2) is 109 Å². The molecular formula is C74H126O6. The van der Waals surface area contributed by atoms with Crippen molar-refractivity contribution in [3.63, 3.8) is 0 Å². The quantitative estimate of drug-likeness (QED) is 0.0261. The summed E-state index contributed by atoms with van der Waals surface area (Å²) in [7, 11) is 0. The van der Waals surface area contributed by atoms with Gasteiger partial charge in [0.1, 0.15) is 13.2 Å². The van der Waals surface area contributed by atoms with Crippen molar-refractivity contribution in [2.45, 2.75) is 329 Å². The molecule has 0 heterocycles. The van der Waals surface area contributed by atoms with Crippen LogP contribution in [-0.2, 0) is 28.6 Å². The molecule has 0 saturated carbocycles. The Morgan fingerprint density at radius 3 is 0.838 bits per heavy atom. The van der Waals surface area contributed by atoms with Crippen LogP contribution in [0.4, 0.5) is 0 Å². The van der Waals surface area contributed by atoms with Crippen LogP contribution in [-0.4, -0.2) is 37.2 Å². The van der Waals surface area contributed by atoms with Gasteiger partial charge < -0.3 is 14.2 Å². The smallest absolute Gasteiger partial charge is 0.310 e. The standard InChI is InChI=1S/C74H126O6/c1-4-7-10-13-16-19-22-25-28-29-30-31-32-33-34-35-36-37-38-39-40-41-42-43-44-45-47-49-52-55-58-61-64-67-73(76)79-70-71(69-78-72(75)66-63-60-57-54-51-48-27-24-21-18-15-12-9-6-3)80-74(77)68-65-62-59-56-53-50-46-26-23-20-17-14-11-8-5-2/h8,11,17,20,22,24-27,29-30,32-33,46,53,56,62,65,71H,4-7,9-10,12-16,18-19,21,23,28,31,34-45,47-52,54-55,57-61,63-64,66-70H2,1-3H3/b11-8-,20-17-,25-22-,27-24-,30-29-,33-32-,46-26-,56-53-,65-62-. The summed E-state index contributed by atoms with van der Waals surface area (Å²) in [6.07, 6.45) is 92.9. The summed E-state index contributed by atoms with van der Waals surface area (Å²) in [4.78, 5) is 38.2. The van der Waals surface area contributed by atoms with Gasteiger partial charge in [0.15, 0.2) is 6.10 Å². The lowest BCUT2D eigenvalue weighted by molar-refractivity contribution is -0.166. The molecular weight excluding hydrogens is 985 g/mol. The molecule has 0 aromatic rings. The van der Waals surface area contributed by atoms with Crippen molar-refractivity contribution in [1.82, 2.24) is 0 Å². The first kappa shape index (κ1) is 76.1. The van der Waals surface area contributed by atoms with Crippen LogP contribution in [0.2, 0.25) is 0 Å². The fourth-order valence-electron chi connectivity index (χ4n) is 9.46. The maximum absolute atomic E-state index is 12.8. The number of carbonyl (C=O) groups is 3. The zero-order valence-electron chi connectivity index (χ0n) is 52.6. The first-order valence-electron chi connectivity index (χ1n) is 33.9. The fraction of sp³-hybridized carbons (Fsp3) is 0.716. The van der Waals surface area contributed by atoms with Gasteiger partial charge in [0.05, 0.1) is 6.42 Å². The van der Waals surface area contributed by atoms with Crippen LogP contribution >= 0.6 is 0 Å². The van der Waals surface area contributed by atoms with Crippen molar-refractivity contribution >= 4 is 17.9 Å². The summed E-state index contributed by atoms with van der Waals surface area (Å²) in [5.41, 5.74) is 0. The van der Waals surface area contributed by atoms with Gasteiger partial charge in [-0.25, -0.2) is 0 Å². The Balaban J connectivity index is 4.22. The number of carbonyl (C=O) groups excluding carboxylic acids is 3. The van der Waals surface area contributed by atoms with Crippen molar-refractivity contribution in [3.05, 3.63) is 109 Å². The Kier molecular flexibility index (Phi) is 64.3. The molecule has 80 heavy (non-hydrogen) atoms. The summed E-state index contributed by atoms with van der Waals surface area (Å²) in [5, 5.41) is 0. The molecule has 0 aliphatic carbocycles. The Labute approximate surface area is 495 Å². The van der Waals surface area contributed by atoms with E-state index in [2.05, 4.69) is 118 Å². The molecule has 0 aliphatic rings. The third-order valence-corrected chi connectivity index (χ3v) is 14.5. The highest BCUT2D eigenvalue weighted by Crippen LogP contribution is 2.17. The van der Waals surface area contributed by atoms with Crippen LogP contribution in [0, 0.1) is 0 Å². The third-order valence-electron chi connectivity index (χ3n) is 14.5. The van der Waals surface area contributed by atoms with Gasteiger partial charge in [-0.2, -0.15) is 0 Å². The zero-order valence-corrected chi connectivity index (χ0v) is 52.6. The van der Waals surface area contributed by atoms with Crippen LogP contribution in [0.5, 0.6) is 0 Å². The first-order chi connectivity index (χ1) is 39.5. The van der Waals surface area contributed by atoms with E-state index in [4.69, 9.17) is 14.2 Å². The SMILES string of the molecule is CC/C=C\C/C=C\C/C=C\C/C=C\C/C=C\CC(=O)OC(COC(=O)CCCCCCC/C=C\CCCCCCC)COC(=O)CCCCCCCCCCCCCCCCCCCC/C=C\C/C=C\C/C=C\CCCCCCC. The van der Waals surface area contributed by atoms with Gasteiger partial charge >= 0.3 is 17.9 Å². The normalized spacial score (nSPS) is 12.8. The van der Waals surface area contributed by atoms with E-state index in [1.54, 1.807) is 6.08 Å². The molecule has 0 aromatic carbocycles. The van der Waals surface area contributed by atoms with Crippen molar-refractivity contribution in [1.29, 1.82) is 0 Å². The lowest BCUT2D eigenvalue weighted by Gasteiger charge is -2.18. The van der Waals surface area contributed by atoms with E-state index in [0.717, 1.165) is 96.3 Å². The summed E-state index contributed by atoms with van der Waals surface area (Å²) in [6, 6.07) is 0. The van der Waals surface area contributed by atoms with Crippen LogP contribution < -0.4 is 0 Å².